The maximum Gasteiger partial charge on any atom is 0.260 e. The lowest BCUT2D eigenvalue weighted by Gasteiger charge is -2.17. The van der Waals surface area contributed by atoms with E-state index >= 15 is 0 Å². The van der Waals surface area contributed by atoms with Crippen molar-refractivity contribution in [3.05, 3.63) is 58.1 Å². The number of halogens is 2. The van der Waals surface area contributed by atoms with Gasteiger partial charge < -0.3 is 14.4 Å². The predicted octanol–water partition coefficient (Wildman–Crippen LogP) is 4.40. The number of carbonyl (C=O) groups excluding carboxylic acids is 1. The van der Waals surface area contributed by atoms with E-state index in [1.54, 1.807) is 25.3 Å². The zero-order valence-electron chi connectivity index (χ0n) is 13.9. The smallest absolute Gasteiger partial charge is 0.260 e. The number of methoxy groups -OCH3 is 1. The van der Waals surface area contributed by atoms with Crippen molar-refractivity contribution in [3.63, 3.8) is 0 Å². The van der Waals surface area contributed by atoms with Gasteiger partial charge >= 0.3 is 0 Å². The fourth-order valence-corrected chi connectivity index (χ4v) is 3.42. The Morgan fingerprint density at radius 1 is 1.20 bits per heavy atom. The number of benzene rings is 2. The van der Waals surface area contributed by atoms with E-state index in [-0.39, 0.29) is 12.5 Å². The van der Waals surface area contributed by atoms with E-state index in [1.807, 2.05) is 17.0 Å². The lowest BCUT2D eigenvalue weighted by atomic mass is 9.98. The Morgan fingerprint density at radius 2 is 1.96 bits per heavy atom. The first-order valence-corrected chi connectivity index (χ1v) is 8.82. The van der Waals surface area contributed by atoms with Gasteiger partial charge in [-0.2, -0.15) is 0 Å². The molecule has 0 bridgehead atoms. The molecule has 3 rings (SSSR count). The highest BCUT2D eigenvalue weighted by atomic mass is 35.5. The minimum atomic E-state index is -0.0398. The number of likely N-dealkylation sites (tertiary alicyclic amines) is 1. The van der Waals surface area contributed by atoms with Crippen LogP contribution in [0.2, 0.25) is 10.0 Å². The highest BCUT2D eigenvalue weighted by Crippen LogP contribution is 2.30. The molecule has 2 aromatic carbocycles. The van der Waals surface area contributed by atoms with Gasteiger partial charge in [0.15, 0.2) is 6.61 Å². The second-order valence-corrected chi connectivity index (χ2v) is 6.81. The number of amides is 1. The number of carbonyl (C=O) groups is 1. The van der Waals surface area contributed by atoms with Gasteiger partial charge in [-0.3, -0.25) is 4.79 Å². The van der Waals surface area contributed by atoms with Crippen LogP contribution in [0.25, 0.3) is 0 Å². The number of nitrogens with zero attached hydrogens (tertiary/aromatic N) is 1. The Bertz CT molecular complexity index is 749. The summed E-state index contributed by atoms with van der Waals surface area (Å²) in [5, 5.41) is 0.934. The summed E-state index contributed by atoms with van der Waals surface area (Å²) in [5.41, 5.74) is 1.22. The maximum absolute atomic E-state index is 12.4. The Balaban J connectivity index is 1.55. The van der Waals surface area contributed by atoms with Gasteiger partial charge in [0.05, 0.1) is 12.1 Å². The molecular formula is C19H19Cl2NO3. The molecule has 1 saturated heterocycles. The minimum Gasteiger partial charge on any atom is -0.497 e. The molecule has 0 radical (unpaired) electrons. The van der Waals surface area contributed by atoms with Crippen LogP contribution >= 0.6 is 23.2 Å². The summed E-state index contributed by atoms with van der Waals surface area (Å²) in [5.74, 6) is 1.60. The van der Waals surface area contributed by atoms with Gasteiger partial charge in [0.25, 0.3) is 5.91 Å². The van der Waals surface area contributed by atoms with E-state index in [2.05, 4.69) is 12.1 Å². The molecule has 0 spiro atoms. The number of hydrogen-bond acceptors (Lipinski definition) is 3. The quantitative estimate of drug-likeness (QED) is 0.772. The van der Waals surface area contributed by atoms with E-state index in [0.717, 1.165) is 18.7 Å². The standard InChI is InChI=1S/C19H19Cl2NO3/c1-24-16-5-2-13(3-6-16)14-8-9-22(11-14)19(23)12-25-18-7-4-15(20)10-17(18)21/h2-7,10,14H,8-9,11-12H2,1H3/t14-/m0/s1. The summed E-state index contributed by atoms with van der Waals surface area (Å²) in [4.78, 5) is 14.2. The van der Waals surface area contributed by atoms with E-state index in [9.17, 15) is 4.79 Å². The topological polar surface area (TPSA) is 38.8 Å². The summed E-state index contributed by atoms with van der Waals surface area (Å²) < 4.78 is 10.7. The van der Waals surface area contributed by atoms with Gasteiger partial charge in [0.1, 0.15) is 11.5 Å². The summed E-state index contributed by atoms with van der Waals surface area (Å²) in [6.45, 7) is 1.40. The lowest BCUT2D eigenvalue weighted by molar-refractivity contribution is -0.132. The van der Waals surface area contributed by atoms with Crippen molar-refractivity contribution in [2.45, 2.75) is 12.3 Å². The highest BCUT2D eigenvalue weighted by molar-refractivity contribution is 6.35. The molecule has 0 aliphatic carbocycles. The highest BCUT2D eigenvalue weighted by Gasteiger charge is 2.27. The van der Waals surface area contributed by atoms with Crippen LogP contribution in [0.4, 0.5) is 0 Å². The molecular weight excluding hydrogens is 361 g/mol. The predicted molar refractivity (Wildman–Crippen MR) is 98.9 cm³/mol. The van der Waals surface area contributed by atoms with Crippen molar-refractivity contribution >= 4 is 29.1 Å². The van der Waals surface area contributed by atoms with Crippen LogP contribution in [-0.4, -0.2) is 37.6 Å². The molecule has 0 saturated carbocycles. The zero-order chi connectivity index (χ0) is 17.8. The van der Waals surface area contributed by atoms with E-state index in [4.69, 9.17) is 32.7 Å². The number of hydrogen-bond donors (Lipinski definition) is 0. The second-order valence-electron chi connectivity index (χ2n) is 5.96. The monoisotopic (exact) mass is 379 g/mol. The van der Waals surface area contributed by atoms with Gasteiger partial charge in [-0.15, -0.1) is 0 Å². The van der Waals surface area contributed by atoms with Crippen LogP contribution in [0.3, 0.4) is 0 Å². The molecule has 0 unspecified atom stereocenters. The zero-order valence-corrected chi connectivity index (χ0v) is 15.4. The van der Waals surface area contributed by atoms with Crippen LogP contribution in [0.15, 0.2) is 42.5 Å². The first-order chi connectivity index (χ1) is 12.1. The molecule has 1 aliphatic rings. The number of ether oxygens (including phenoxy) is 2. The fraction of sp³-hybridized carbons (Fsp3) is 0.316. The van der Waals surface area contributed by atoms with Crippen molar-refractivity contribution in [1.29, 1.82) is 0 Å². The Hall–Kier alpha value is -1.91. The summed E-state index contributed by atoms with van der Waals surface area (Å²) >= 11 is 11.9. The van der Waals surface area contributed by atoms with Crippen molar-refractivity contribution in [3.8, 4) is 11.5 Å². The average Bonchev–Trinajstić information content (AvgIpc) is 3.11. The van der Waals surface area contributed by atoms with Crippen molar-refractivity contribution in [2.24, 2.45) is 0 Å². The van der Waals surface area contributed by atoms with Crippen LogP contribution < -0.4 is 9.47 Å². The molecule has 132 valence electrons. The largest absolute Gasteiger partial charge is 0.497 e. The first kappa shape index (κ1) is 17.9. The van der Waals surface area contributed by atoms with Gasteiger partial charge in [-0.25, -0.2) is 0 Å². The van der Waals surface area contributed by atoms with Crippen LogP contribution in [-0.2, 0) is 4.79 Å². The third-order valence-corrected chi connectivity index (χ3v) is 4.90. The molecule has 25 heavy (non-hydrogen) atoms. The minimum absolute atomic E-state index is 0.0311. The van der Waals surface area contributed by atoms with E-state index in [0.29, 0.717) is 28.3 Å². The fourth-order valence-electron chi connectivity index (χ4n) is 2.96. The Kier molecular flexibility index (Phi) is 5.71. The Labute approximate surface area is 157 Å². The van der Waals surface area contributed by atoms with E-state index in [1.165, 1.54) is 5.56 Å². The molecule has 6 heteroatoms. The third-order valence-electron chi connectivity index (χ3n) is 4.37. The normalized spacial score (nSPS) is 16.8. The third kappa shape index (κ3) is 4.39. The Morgan fingerprint density at radius 3 is 2.64 bits per heavy atom. The van der Waals surface area contributed by atoms with Crippen molar-refractivity contribution in [1.82, 2.24) is 4.90 Å². The van der Waals surface area contributed by atoms with E-state index < -0.39 is 0 Å². The summed E-state index contributed by atoms with van der Waals surface area (Å²) in [7, 11) is 1.65. The summed E-state index contributed by atoms with van der Waals surface area (Å²) in [6, 6.07) is 13.0. The van der Waals surface area contributed by atoms with Crippen LogP contribution in [0, 0.1) is 0 Å². The van der Waals surface area contributed by atoms with Crippen LogP contribution in [0.5, 0.6) is 11.5 Å². The van der Waals surface area contributed by atoms with Gasteiger partial charge in [0, 0.05) is 24.0 Å². The first-order valence-electron chi connectivity index (χ1n) is 8.06. The summed E-state index contributed by atoms with van der Waals surface area (Å²) in [6.07, 6.45) is 0.944. The molecule has 0 N–H and O–H groups in total. The van der Waals surface area contributed by atoms with Crippen molar-refractivity contribution < 1.29 is 14.3 Å². The molecule has 4 nitrogen and oxygen atoms in total. The maximum atomic E-state index is 12.4. The molecule has 1 aliphatic heterocycles. The molecule has 1 heterocycles. The molecule has 1 atom stereocenters. The van der Waals surface area contributed by atoms with Gasteiger partial charge in [-0.05, 0) is 42.3 Å². The molecule has 0 aromatic heterocycles. The lowest BCUT2D eigenvalue weighted by Crippen LogP contribution is -2.32. The average molecular weight is 380 g/mol. The molecule has 1 fully saturated rings. The van der Waals surface area contributed by atoms with Crippen molar-refractivity contribution in [2.75, 3.05) is 26.8 Å². The van der Waals surface area contributed by atoms with Crippen LogP contribution in [0.1, 0.15) is 17.9 Å². The van der Waals surface area contributed by atoms with Gasteiger partial charge in [-0.1, -0.05) is 35.3 Å². The number of rotatable bonds is 5. The van der Waals surface area contributed by atoms with Gasteiger partial charge in [0.2, 0.25) is 0 Å². The second kappa shape index (κ2) is 7.98. The SMILES string of the molecule is COc1ccc([C@H]2CCN(C(=O)COc3ccc(Cl)cc3Cl)C2)cc1. The molecule has 2 aromatic rings. The molecule has 1 amide bonds.